The molecule has 1 fully saturated rings. The first-order chi connectivity index (χ1) is 10.1. The van der Waals surface area contributed by atoms with Crippen molar-refractivity contribution in [2.75, 3.05) is 20.1 Å². The number of hydrogen-bond donors (Lipinski definition) is 2. The predicted octanol–water partition coefficient (Wildman–Crippen LogP) is 3.46. The van der Waals surface area contributed by atoms with Gasteiger partial charge in [0, 0.05) is 28.2 Å². The van der Waals surface area contributed by atoms with Crippen LogP contribution in [0.4, 0.5) is 0 Å². The lowest BCUT2D eigenvalue weighted by atomic mass is 9.92. The second-order valence-electron chi connectivity index (χ2n) is 5.99. The van der Waals surface area contributed by atoms with Crippen LogP contribution in [0.3, 0.4) is 0 Å². The number of piperidine rings is 1. The Kier molecular flexibility index (Phi) is 5.95. The zero-order chi connectivity index (χ0) is 15.2. The molecule has 0 unspecified atom stereocenters. The van der Waals surface area contributed by atoms with E-state index in [-0.39, 0.29) is 0 Å². The third-order valence-corrected chi connectivity index (χ3v) is 4.64. The quantitative estimate of drug-likeness (QED) is 0.817. The summed E-state index contributed by atoms with van der Waals surface area (Å²) in [5, 5.41) is 4.15. The number of halogens is 1. The van der Waals surface area contributed by atoms with Crippen LogP contribution in [0, 0.1) is 5.92 Å². The zero-order valence-corrected chi connectivity index (χ0v) is 13.6. The number of nitrogens with zero attached hydrogens (tertiary/aromatic N) is 1. The maximum Gasteiger partial charge on any atom is 0.0456 e. The van der Waals surface area contributed by atoms with Crippen molar-refractivity contribution in [3.8, 4) is 0 Å². The van der Waals surface area contributed by atoms with Gasteiger partial charge in [0.15, 0.2) is 0 Å². The molecule has 4 heteroatoms. The summed E-state index contributed by atoms with van der Waals surface area (Å²) < 4.78 is 0. The summed E-state index contributed by atoms with van der Waals surface area (Å²) in [4.78, 5) is 2.38. The molecule has 1 heterocycles. The second kappa shape index (κ2) is 7.71. The summed E-state index contributed by atoms with van der Waals surface area (Å²) in [6.45, 7) is 6.45. The van der Waals surface area contributed by atoms with Crippen LogP contribution in [0.5, 0.6) is 0 Å². The average Bonchev–Trinajstić information content (AvgIpc) is 2.49. The molecule has 116 valence electrons. The molecular formula is C17H26ClN3. The Labute approximate surface area is 133 Å². The highest BCUT2D eigenvalue weighted by molar-refractivity contribution is 6.32. The van der Waals surface area contributed by atoms with Gasteiger partial charge in [0.25, 0.3) is 0 Å². The van der Waals surface area contributed by atoms with Gasteiger partial charge in [0.1, 0.15) is 0 Å². The molecule has 21 heavy (non-hydrogen) atoms. The molecule has 1 aliphatic heterocycles. The minimum atomic E-state index is 0.697. The lowest BCUT2D eigenvalue weighted by Crippen LogP contribution is -2.31. The largest absolute Gasteiger partial charge is 0.403 e. The van der Waals surface area contributed by atoms with Crippen molar-refractivity contribution in [1.29, 1.82) is 0 Å². The van der Waals surface area contributed by atoms with E-state index < -0.39 is 0 Å². The predicted molar refractivity (Wildman–Crippen MR) is 90.6 cm³/mol. The van der Waals surface area contributed by atoms with Gasteiger partial charge in [0.05, 0.1) is 0 Å². The number of hydrogen-bond acceptors (Lipinski definition) is 3. The van der Waals surface area contributed by atoms with Crippen molar-refractivity contribution in [2.24, 2.45) is 11.7 Å². The molecule has 1 aliphatic carbocycles. The lowest BCUT2D eigenvalue weighted by molar-refractivity contribution is 0.217. The third kappa shape index (κ3) is 4.65. The molecule has 0 atom stereocenters. The highest BCUT2D eigenvalue weighted by atomic mass is 35.5. The fourth-order valence-corrected chi connectivity index (χ4v) is 3.21. The molecular weight excluding hydrogens is 282 g/mol. The summed E-state index contributed by atoms with van der Waals surface area (Å²) in [6, 6.07) is 0. The molecule has 2 aliphatic rings. The smallest absolute Gasteiger partial charge is 0.0456 e. The van der Waals surface area contributed by atoms with Gasteiger partial charge in [-0.25, -0.2) is 0 Å². The van der Waals surface area contributed by atoms with Gasteiger partial charge in [-0.3, -0.25) is 0 Å². The Morgan fingerprint density at radius 3 is 2.71 bits per heavy atom. The number of rotatable bonds is 5. The maximum absolute atomic E-state index is 6.25. The van der Waals surface area contributed by atoms with Crippen LogP contribution in [0.2, 0.25) is 0 Å². The van der Waals surface area contributed by atoms with Crippen molar-refractivity contribution in [2.45, 2.75) is 32.1 Å². The molecule has 0 aromatic heterocycles. The molecule has 3 N–H and O–H groups in total. The van der Waals surface area contributed by atoms with Gasteiger partial charge >= 0.3 is 0 Å². The minimum Gasteiger partial charge on any atom is -0.403 e. The van der Waals surface area contributed by atoms with E-state index in [1.807, 2.05) is 6.08 Å². The van der Waals surface area contributed by atoms with E-state index in [1.54, 1.807) is 6.20 Å². The summed E-state index contributed by atoms with van der Waals surface area (Å²) in [7, 11) is 2.18. The first-order valence-electron chi connectivity index (χ1n) is 7.72. The molecule has 0 aromatic rings. The van der Waals surface area contributed by atoms with Crippen molar-refractivity contribution in [3.05, 3.63) is 46.9 Å². The summed E-state index contributed by atoms with van der Waals surface area (Å²) in [6.07, 6.45) is 11.3. The van der Waals surface area contributed by atoms with E-state index in [0.717, 1.165) is 41.3 Å². The topological polar surface area (TPSA) is 41.3 Å². The van der Waals surface area contributed by atoms with Gasteiger partial charge < -0.3 is 16.0 Å². The maximum atomic E-state index is 6.25. The Morgan fingerprint density at radius 2 is 2.10 bits per heavy atom. The lowest BCUT2D eigenvalue weighted by Gasteiger charge is -2.30. The normalized spacial score (nSPS) is 21.7. The standard InChI is InChI=1S/C17H26ClN3/c1-13(16-5-3-4-6-17(16)18)20-15(12-19)11-14-7-9-21(2)10-8-14/h5-6,12,14,20H,1,3-4,7-11,19H2,2H3/b15-12+. The van der Waals surface area contributed by atoms with Crippen LogP contribution in [-0.2, 0) is 0 Å². The van der Waals surface area contributed by atoms with Gasteiger partial charge in [-0.15, -0.1) is 0 Å². The highest BCUT2D eigenvalue weighted by Crippen LogP contribution is 2.28. The average molecular weight is 308 g/mol. The first kappa shape index (κ1) is 16.2. The van der Waals surface area contributed by atoms with Crippen LogP contribution in [-0.4, -0.2) is 25.0 Å². The zero-order valence-electron chi connectivity index (χ0n) is 12.9. The summed E-state index contributed by atoms with van der Waals surface area (Å²) in [5.74, 6) is 0.697. The van der Waals surface area contributed by atoms with Crippen molar-refractivity contribution in [3.63, 3.8) is 0 Å². The van der Waals surface area contributed by atoms with E-state index in [2.05, 4.69) is 29.9 Å². The molecule has 0 radical (unpaired) electrons. The van der Waals surface area contributed by atoms with E-state index in [0.29, 0.717) is 5.92 Å². The molecule has 3 nitrogen and oxygen atoms in total. The van der Waals surface area contributed by atoms with Gasteiger partial charge in [0.2, 0.25) is 0 Å². The van der Waals surface area contributed by atoms with Gasteiger partial charge in [-0.2, -0.15) is 0 Å². The SMILES string of the molecule is C=C(N/C(=C/N)CC1CCN(C)CC1)C1=CCCC=C1Cl. The van der Waals surface area contributed by atoms with Crippen molar-refractivity contribution < 1.29 is 0 Å². The van der Waals surface area contributed by atoms with Crippen LogP contribution in [0.1, 0.15) is 32.1 Å². The van der Waals surface area contributed by atoms with E-state index in [1.165, 1.54) is 25.9 Å². The Morgan fingerprint density at radius 1 is 1.43 bits per heavy atom. The Hall–Kier alpha value is -1.19. The van der Waals surface area contributed by atoms with Crippen molar-refractivity contribution >= 4 is 11.6 Å². The van der Waals surface area contributed by atoms with E-state index in [4.69, 9.17) is 17.3 Å². The molecule has 0 spiro atoms. The van der Waals surface area contributed by atoms with Crippen LogP contribution in [0.15, 0.2) is 46.9 Å². The summed E-state index contributed by atoms with van der Waals surface area (Å²) >= 11 is 6.25. The molecule has 0 amide bonds. The summed E-state index contributed by atoms with van der Waals surface area (Å²) in [5.41, 5.74) is 8.69. The van der Waals surface area contributed by atoms with E-state index in [9.17, 15) is 0 Å². The first-order valence-corrected chi connectivity index (χ1v) is 8.09. The molecule has 0 saturated carbocycles. The highest BCUT2D eigenvalue weighted by Gasteiger charge is 2.19. The molecule has 0 aromatic carbocycles. The fourth-order valence-electron chi connectivity index (χ4n) is 2.91. The van der Waals surface area contributed by atoms with Crippen LogP contribution >= 0.6 is 11.6 Å². The Bertz CT molecular complexity index is 468. The van der Waals surface area contributed by atoms with E-state index >= 15 is 0 Å². The molecule has 0 bridgehead atoms. The number of allylic oxidation sites excluding steroid dienone is 4. The van der Waals surface area contributed by atoms with Crippen LogP contribution < -0.4 is 11.1 Å². The third-order valence-electron chi connectivity index (χ3n) is 4.28. The number of nitrogens with two attached hydrogens (primary N) is 1. The Balaban J connectivity index is 1.89. The van der Waals surface area contributed by atoms with Gasteiger partial charge in [-0.1, -0.05) is 30.3 Å². The number of nitrogens with one attached hydrogen (secondary N) is 1. The van der Waals surface area contributed by atoms with Crippen molar-refractivity contribution in [1.82, 2.24) is 10.2 Å². The van der Waals surface area contributed by atoms with Crippen LogP contribution in [0.25, 0.3) is 0 Å². The molecule has 1 saturated heterocycles. The minimum absolute atomic E-state index is 0.697. The van der Waals surface area contributed by atoms with Gasteiger partial charge in [-0.05, 0) is 58.2 Å². The number of likely N-dealkylation sites (tertiary alicyclic amines) is 1. The second-order valence-corrected chi connectivity index (χ2v) is 6.40. The molecule has 2 rings (SSSR count). The fraction of sp³-hybridized carbons (Fsp3) is 0.529. The monoisotopic (exact) mass is 307 g/mol.